The van der Waals surface area contributed by atoms with Gasteiger partial charge in [0.15, 0.2) is 0 Å². The van der Waals surface area contributed by atoms with Gasteiger partial charge in [-0.05, 0) is 12.1 Å². The van der Waals surface area contributed by atoms with Crippen molar-refractivity contribution in [1.82, 2.24) is 19.8 Å². The topological polar surface area (TPSA) is 44.4 Å². The van der Waals surface area contributed by atoms with Gasteiger partial charge in [0.2, 0.25) is 0 Å². The first-order valence-electron chi connectivity index (χ1n) is 8.35. The minimum atomic E-state index is 0.113. The molecular weight excluding hydrogens is 288 g/mol. The zero-order valence-corrected chi connectivity index (χ0v) is 14.0. The molecule has 0 amide bonds. The van der Waals surface area contributed by atoms with Crippen LogP contribution >= 0.6 is 0 Å². The second-order valence-corrected chi connectivity index (χ2v) is 6.01. The number of nitrogens with zero attached hydrogens (tertiary/aromatic N) is 3. The van der Waals surface area contributed by atoms with Crippen molar-refractivity contribution in [2.75, 3.05) is 39.8 Å². The minimum Gasteiger partial charge on any atom is -0.375 e. The molecule has 0 aliphatic carbocycles. The molecule has 23 heavy (non-hydrogen) atoms. The van der Waals surface area contributed by atoms with E-state index in [9.17, 15) is 0 Å². The highest BCUT2D eigenvalue weighted by atomic mass is 16.5. The average Bonchev–Trinajstić information content (AvgIpc) is 3.14. The van der Waals surface area contributed by atoms with Crippen molar-refractivity contribution in [2.45, 2.75) is 19.1 Å². The molecule has 2 atom stereocenters. The lowest BCUT2D eigenvalue weighted by molar-refractivity contribution is 0.0200. The molecule has 2 aromatic rings. The fourth-order valence-electron chi connectivity index (χ4n) is 3.36. The zero-order chi connectivity index (χ0) is 16.1. The SMILES string of the molecule is CCN1CCN(C[C@@H](OC)c2ccccc2)C[C@H]1c1ncc[nH]1. The van der Waals surface area contributed by atoms with Gasteiger partial charge in [0, 0.05) is 45.7 Å². The van der Waals surface area contributed by atoms with Crippen molar-refractivity contribution < 1.29 is 4.74 Å². The summed E-state index contributed by atoms with van der Waals surface area (Å²) in [5.74, 6) is 1.06. The molecule has 1 fully saturated rings. The number of hydrogen-bond acceptors (Lipinski definition) is 4. The average molecular weight is 314 g/mol. The predicted octanol–water partition coefficient (Wildman–Crippen LogP) is 2.48. The van der Waals surface area contributed by atoms with E-state index in [1.807, 2.05) is 18.5 Å². The van der Waals surface area contributed by atoms with Crippen LogP contribution in [0.1, 0.15) is 30.5 Å². The molecule has 1 aliphatic rings. The van der Waals surface area contributed by atoms with Gasteiger partial charge in [0.1, 0.15) is 5.82 Å². The van der Waals surface area contributed by atoms with Gasteiger partial charge in [-0.15, -0.1) is 0 Å². The summed E-state index contributed by atoms with van der Waals surface area (Å²) < 4.78 is 5.74. The van der Waals surface area contributed by atoms with Gasteiger partial charge >= 0.3 is 0 Å². The van der Waals surface area contributed by atoms with Crippen molar-refractivity contribution in [1.29, 1.82) is 0 Å². The number of likely N-dealkylation sites (N-methyl/N-ethyl adjacent to an activating group) is 1. The van der Waals surface area contributed by atoms with Crippen molar-refractivity contribution in [3.8, 4) is 0 Å². The van der Waals surface area contributed by atoms with Crippen LogP contribution in [0.25, 0.3) is 0 Å². The Morgan fingerprint density at radius 3 is 2.78 bits per heavy atom. The van der Waals surface area contributed by atoms with Gasteiger partial charge in [-0.25, -0.2) is 4.98 Å². The zero-order valence-electron chi connectivity index (χ0n) is 14.0. The fraction of sp³-hybridized carbons (Fsp3) is 0.500. The summed E-state index contributed by atoms with van der Waals surface area (Å²) in [4.78, 5) is 12.7. The number of H-pyrrole nitrogens is 1. The Hall–Kier alpha value is -1.69. The number of aromatic amines is 1. The lowest BCUT2D eigenvalue weighted by Crippen LogP contribution is -2.49. The number of benzene rings is 1. The molecule has 2 heterocycles. The normalized spacial score (nSPS) is 21.4. The molecule has 0 saturated carbocycles. The van der Waals surface area contributed by atoms with E-state index in [1.54, 1.807) is 7.11 Å². The molecule has 1 aromatic carbocycles. The third-order valence-corrected chi connectivity index (χ3v) is 4.70. The maximum Gasteiger partial charge on any atom is 0.124 e. The van der Waals surface area contributed by atoms with Gasteiger partial charge in [-0.1, -0.05) is 37.3 Å². The second kappa shape index (κ2) is 7.73. The summed E-state index contributed by atoms with van der Waals surface area (Å²) in [6.07, 6.45) is 3.86. The number of aromatic nitrogens is 2. The smallest absolute Gasteiger partial charge is 0.124 e. The van der Waals surface area contributed by atoms with Gasteiger partial charge in [0.25, 0.3) is 0 Å². The van der Waals surface area contributed by atoms with Crippen LogP contribution in [0.4, 0.5) is 0 Å². The largest absolute Gasteiger partial charge is 0.375 e. The number of hydrogen-bond donors (Lipinski definition) is 1. The highest BCUT2D eigenvalue weighted by molar-refractivity contribution is 5.18. The Labute approximate surface area is 138 Å². The van der Waals surface area contributed by atoms with Gasteiger partial charge in [-0.2, -0.15) is 0 Å². The maximum atomic E-state index is 5.74. The van der Waals surface area contributed by atoms with E-state index in [-0.39, 0.29) is 6.10 Å². The number of imidazole rings is 1. The Morgan fingerprint density at radius 1 is 1.30 bits per heavy atom. The van der Waals surface area contributed by atoms with Crippen molar-refractivity contribution in [3.63, 3.8) is 0 Å². The molecule has 1 N–H and O–H groups in total. The molecule has 5 nitrogen and oxygen atoms in total. The summed E-state index contributed by atoms with van der Waals surface area (Å²) in [6.45, 7) is 7.29. The van der Waals surface area contributed by atoms with E-state index in [4.69, 9.17) is 4.74 Å². The maximum absolute atomic E-state index is 5.74. The molecular formula is C18H26N4O. The molecule has 0 radical (unpaired) electrons. The van der Waals surface area contributed by atoms with Crippen molar-refractivity contribution in [2.24, 2.45) is 0 Å². The first-order chi connectivity index (χ1) is 11.3. The molecule has 0 spiro atoms. The van der Waals surface area contributed by atoms with Crippen LogP contribution in [0.15, 0.2) is 42.7 Å². The van der Waals surface area contributed by atoms with Gasteiger partial charge < -0.3 is 9.72 Å². The van der Waals surface area contributed by atoms with Crippen LogP contribution in [0.3, 0.4) is 0 Å². The lowest BCUT2D eigenvalue weighted by atomic mass is 10.1. The number of rotatable bonds is 6. The fourth-order valence-corrected chi connectivity index (χ4v) is 3.36. The highest BCUT2D eigenvalue weighted by Crippen LogP contribution is 2.25. The van der Waals surface area contributed by atoms with Crippen LogP contribution in [0.2, 0.25) is 0 Å². The van der Waals surface area contributed by atoms with Crippen LogP contribution in [-0.4, -0.2) is 59.6 Å². The van der Waals surface area contributed by atoms with Crippen LogP contribution in [-0.2, 0) is 4.74 Å². The Bertz CT molecular complexity index is 570. The number of nitrogens with one attached hydrogen (secondary N) is 1. The van der Waals surface area contributed by atoms with E-state index >= 15 is 0 Å². The quantitative estimate of drug-likeness (QED) is 0.890. The third-order valence-electron chi connectivity index (χ3n) is 4.70. The van der Waals surface area contributed by atoms with E-state index in [1.165, 1.54) is 5.56 Å². The van der Waals surface area contributed by atoms with Gasteiger partial charge in [-0.3, -0.25) is 9.80 Å². The first-order valence-corrected chi connectivity index (χ1v) is 8.35. The first kappa shape index (κ1) is 16.2. The van der Waals surface area contributed by atoms with Crippen molar-refractivity contribution >= 4 is 0 Å². The molecule has 1 saturated heterocycles. The summed E-state index contributed by atoms with van der Waals surface area (Å²) in [5, 5.41) is 0. The third kappa shape index (κ3) is 3.80. The van der Waals surface area contributed by atoms with E-state index in [2.05, 4.69) is 51.0 Å². The van der Waals surface area contributed by atoms with Crippen molar-refractivity contribution in [3.05, 3.63) is 54.1 Å². The number of ether oxygens (including phenoxy) is 1. The molecule has 1 aromatic heterocycles. The minimum absolute atomic E-state index is 0.113. The Morgan fingerprint density at radius 2 is 2.13 bits per heavy atom. The van der Waals surface area contributed by atoms with Crippen LogP contribution < -0.4 is 0 Å². The summed E-state index contributed by atoms with van der Waals surface area (Å²) in [5.41, 5.74) is 1.24. The number of methoxy groups -OCH3 is 1. The summed E-state index contributed by atoms with van der Waals surface area (Å²) in [7, 11) is 1.80. The van der Waals surface area contributed by atoms with Crippen LogP contribution in [0, 0.1) is 0 Å². The molecule has 1 aliphatic heterocycles. The van der Waals surface area contributed by atoms with Gasteiger partial charge in [0.05, 0.1) is 12.1 Å². The highest BCUT2D eigenvalue weighted by Gasteiger charge is 2.30. The molecule has 0 bridgehead atoms. The standard InChI is InChI=1S/C18H26N4O/c1-3-22-12-11-21(13-16(22)18-19-9-10-20-18)14-17(23-2)15-7-5-4-6-8-15/h4-10,16-17H,3,11-14H2,1-2H3,(H,19,20)/t16-,17+/m0/s1. The second-order valence-electron chi connectivity index (χ2n) is 6.01. The summed E-state index contributed by atoms with van der Waals surface area (Å²) >= 11 is 0. The van der Waals surface area contributed by atoms with E-state index in [0.29, 0.717) is 6.04 Å². The van der Waals surface area contributed by atoms with E-state index < -0.39 is 0 Å². The molecule has 0 unspecified atom stereocenters. The Balaban J connectivity index is 1.69. The number of piperazine rings is 1. The summed E-state index contributed by atoms with van der Waals surface area (Å²) in [6, 6.07) is 10.8. The lowest BCUT2D eigenvalue weighted by Gasteiger charge is -2.41. The molecule has 5 heteroatoms. The molecule has 3 rings (SSSR count). The molecule has 124 valence electrons. The monoisotopic (exact) mass is 314 g/mol. The van der Waals surface area contributed by atoms with Crippen LogP contribution in [0.5, 0.6) is 0 Å². The Kier molecular flexibility index (Phi) is 5.43. The van der Waals surface area contributed by atoms with E-state index in [0.717, 1.165) is 38.5 Å². The predicted molar refractivity (Wildman–Crippen MR) is 91.2 cm³/mol.